The van der Waals surface area contributed by atoms with E-state index in [4.69, 9.17) is 9.84 Å². The van der Waals surface area contributed by atoms with Crippen molar-refractivity contribution in [2.24, 2.45) is 0 Å². The summed E-state index contributed by atoms with van der Waals surface area (Å²) in [5.74, 6) is -0.483. The van der Waals surface area contributed by atoms with Crippen LogP contribution >= 0.6 is 12.6 Å². The van der Waals surface area contributed by atoms with E-state index in [2.05, 4.69) is 12.6 Å². The molecule has 66 valence electrons. The largest absolute Gasteiger partial charge is 0.459 e. The van der Waals surface area contributed by atoms with Crippen molar-refractivity contribution in [1.29, 1.82) is 0 Å². The molecule has 0 spiro atoms. The Kier molecular flexibility index (Phi) is 3.89. The van der Waals surface area contributed by atoms with E-state index in [-0.39, 0.29) is 6.61 Å². The highest BCUT2D eigenvalue weighted by molar-refractivity contribution is 7.81. The highest BCUT2D eigenvalue weighted by atomic mass is 32.1. The topological polar surface area (TPSA) is 46.5 Å². The van der Waals surface area contributed by atoms with Gasteiger partial charge >= 0.3 is 5.97 Å². The number of rotatable bonds is 2. The molecule has 0 rings (SSSR count). The van der Waals surface area contributed by atoms with Crippen molar-refractivity contribution in [3.8, 4) is 0 Å². The van der Waals surface area contributed by atoms with Crippen LogP contribution in [0.3, 0.4) is 0 Å². The highest BCUT2D eigenvalue weighted by Gasteiger charge is 2.21. The standard InChI is InChI=1S/C7H14O3S/c1-7(2,3)10-6(9)5(11)4-8/h5,8,11H,4H2,1-3H3. The average Bonchev–Trinajstić information content (AvgIpc) is 1.82. The monoisotopic (exact) mass is 178 g/mol. The third kappa shape index (κ3) is 5.09. The first-order valence-electron chi connectivity index (χ1n) is 3.38. The minimum absolute atomic E-state index is 0.294. The molecule has 0 fully saturated rings. The van der Waals surface area contributed by atoms with Crippen LogP contribution < -0.4 is 0 Å². The molecule has 0 aliphatic rings. The molecule has 0 aromatic rings. The second-order valence-electron chi connectivity index (χ2n) is 3.23. The predicted molar refractivity (Wildman–Crippen MR) is 45.7 cm³/mol. The first-order valence-corrected chi connectivity index (χ1v) is 3.90. The molecule has 3 nitrogen and oxygen atoms in total. The van der Waals surface area contributed by atoms with Gasteiger partial charge in [-0.2, -0.15) is 12.6 Å². The molecule has 11 heavy (non-hydrogen) atoms. The lowest BCUT2D eigenvalue weighted by atomic mass is 10.2. The lowest BCUT2D eigenvalue weighted by Gasteiger charge is -2.20. The van der Waals surface area contributed by atoms with Crippen molar-refractivity contribution >= 4 is 18.6 Å². The number of hydrogen-bond donors (Lipinski definition) is 2. The third-order valence-electron chi connectivity index (χ3n) is 0.852. The predicted octanol–water partition coefficient (Wildman–Crippen LogP) is 0.619. The third-order valence-corrected chi connectivity index (χ3v) is 1.23. The molecule has 1 atom stereocenters. The molecule has 4 heteroatoms. The number of hydrogen-bond acceptors (Lipinski definition) is 4. The Morgan fingerprint density at radius 2 is 2.09 bits per heavy atom. The molecule has 0 saturated carbocycles. The summed E-state index contributed by atoms with van der Waals surface area (Å²) in [5, 5.41) is 7.80. The SMILES string of the molecule is CC(C)(C)OC(=O)C(S)CO. The molecule has 0 radical (unpaired) electrons. The smallest absolute Gasteiger partial charge is 0.321 e. The molecule has 0 aromatic carbocycles. The van der Waals surface area contributed by atoms with Gasteiger partial charge in [-0.25, -0.2) is 0 Å². The molecular weight excluding hydrogens is 164 g/mol. The minimum Gasteiger partial charge on any atom is -0.459 e. The number of aliphatic hydroxyl groups excluding tert-OH is 1. The van der Waals surface area contributed by atoms with Crippen molar-refractivity contribution in [3.05, 3.63) is 0 Å². The van der Waals surface area contributed by atoms with Gasteiger partial charge in [-0.3, -0.25) is 4.79 Å². The van der Waals surface area contributed by atoms with E-state index in [1.54, 1.807) is 20.8 Å². The number of carbonyl (C=O) groups excluding carboxylic acids is 1. The van der Waals surface area contributed by atoms with Gasteiger partial charge in [0.05, 0.1) is 6.61 Å². The Bertz CT molecular complexity index is 139. The van der Waals surface area contributed by atoms with Gasteiger partial charge in [-0.1, -0.05) is 0 Å². The molecule has 0 saturated heterocycles. The maximum absolute atomic E-state index is 10.9. The first kappa shape index (κ1) is 10.8. The number of aliphatic hydroxyl groups is 1. The summed E-state index contributed by atoms with van der Waals surface area (Å²) >= 11 is 3.81. The summed E-state index contributed by atoms with van der Waals surface area (Å²) in [6.07, 6.45) is 0. The zero-order chi connectivity index (χ0) is 9.07. The van der Waals surface area contributed by atoms with Gasteiger partial charge in [0.25, 0.3) is 0 Å². The van der Waals surface area contributed by atoms with Crippen LogP contribution in [0.1, 0.15) is 20.8 Å². The average molecular weight is 178 g/mol. The first-order chi connectivity index (χ1) is 4.87. The van der Waals surface area contributed by atoms with Crippen LogP contribution in [-0.2, 0) is 9.53 Å². The van der Waals surface area contributed by atoms with Crippen molar-refractivity contribution in [2.75, 3.05) is 6.61 Å². The normalized spacial score (nSPS) is 14.3. The van der Waals surface area contributed by atoms with Gasteiger partial charge in [-0.15, -0.1) is 0 Å². The summed E-state index contributed by atoms with van der Waals surface area (Å²) in [6, 6.07) is 0. The van der Waals surface area contributed by atoms with E-state index in [1.807, 2.05) is 0 Å². The summed E-state index contributed by atoms with van der Waals surface area (Å²) in [5.41, 5.74) is -0.507. The molecule has 1 N–H and O–H groups in total. The van der Waals surface area contributed by atoms with E-state index < -0.39 is 16.8 Å². The fraction of sp³-hybridized carbons (Fsp3) is 0.857. The Labute approximate surface area is 72.2 Å². The second kappa shape index (κ2) is 3.97. The molecular formula is C7H14O3S. The van der Waals surface area contributed by atoms with Crippen LogP contribution in [0, 0.1) is 0 Å². The van der Waals surface area contributed by atoms with Crippen molar-refractivity contribution in [1.82, 2.24) is 0 Å². The van der Waals surface area contributed by atoms with Crippen LogP contribution in [0.4, 0.5) is 0 Å². The molecule has 0 aliphatic carbocycles. The van der Waals surface area contributed by atoms with E-state index >= 15 is 0 Å². The van der Waals surface area contributed by atoms with Gasteiger partial charge in [0, 0.05) is 0 Å². The van der Waals surface area contributed by atoms with Crippen molar-refractivity contribution < 1.29 is 14.6 Å². The van der Waals surface area contributed by atoms with Crippen LogP contribution in [0.2, 0.25) is 0 Å². The lowest BCUT2D eigenvalue weighted by Crippen LogP contribution is -2.30. The maximum Gasteiger partial charge on any atom is 0.321 e. The molecule has 0 bridgehead atoms. The number of thiol groups is 1. The van der Waals surface area contributed by atoms with Crippen LogP contribution in [0.15, 0.2) is 0 Å². The fourth-order valence-electron chi connectivity index (χ4n) is 0.444. The molecule has 0 amide bonds. The van der Waals surface area contributed by atoms with Crippen molar-refractivity contribution in [3.63, 3.8) is 0 Å². The van der Waals surface area contributed by atoms with Gasteiger partial charge in [0.2, 0.25) is 0 Å². The summed E-state index contributed by atoms with van der Waals surface area (Å²) in [7, 11) is 0. The Hall–Kier alpha value is -0.220. The zero-order valence-corrected chi connectivity index (χ0v) is 7.89. The summed E-state index contributed by atoms with van der Waals surface area (Å²) < 4.78 is 4.92. The number of esters is 1. The maximum atomic E-state index is 10.9. The van der Waals surface area contributed by atoms with Gasteiger partial charge in [-0.05, 0) is 20.8 Å². The van der Waals surface area contributed by atoms with Crippen LogP contribution in [0.25, 0.3) is 0 Å². The summed E-state index contributed by atoms with van der Waals surface area (Å²) in [4.78, 5) is 10.9. The Morgan fingerprint density at radius 1 is 1.64 bits per heavy atom. The van der Waals surface area contributed by atoms with Crippen LogP contribution in [0.5, 0.6) is 0 Å². The van der Waals surface area contributed by atoms with Crippen molar-refractivity contribution in [2.45, 2.75) is 31.6 Å². The van der Waals surface area contributed by atoms with Gasteiger partial charge < -0.3 is 9.84 Å². The van der Waals surface area contributed by atoms with E-state index in [1.165, 1.54) is 0 Å². The van der Waals surface area contributed by atoms with E-state index in [0.717, 1.165) is 0 Å². The minimum atomic E-state index is -0.728. The second-order valence-corrected chi connectivity index (χ2v) is 3.86. The zero-order valence-electron chi connectivity index (χ0n) is 7.00. The Morgan fingerprint density at radius 3 is 2.36 bits per heavy atom. The molecule has 1 unspecified atom stereocenters. The van der Waals surface area contributed by atoms with E-state index in [0.29, 0.717) is 0 Å². The van der Waals surface area contributed by atoms with E-state index in [9.17, 15) is 4.79 Å². The highest BCUT2D eigenvalue weighted by Crippen LogP contribution is 2.10. The number of carbonyl (C=O) groups is 1. The lowest BCUT2D eigenvalue weighted by molar-refractivity contribution is -0.154. The quantitative estimate of drug-likeness (QED) is 0.481. The Balaban J connectivity index is 3.88. The fourth-order valence-corrected chi connectivity index (χ4v) is 0.497. The van der Waals surface area contributed by atoms with Crippen LogP contribution in [-0.4, -0.2) is 28.5 Å². The molecule has 0 heterocycles. The number of ether oxygens (including phenoxy) is 1. The molecule has 0 aliphatic heterocycles. The molecule has 0 aromatic heterocycles. The van der Waals surface area contributed by atoms with Gasteiger partial charge in [0.1, 0.15) is 10.9 Å². The summed E-state index contributed by atoms with van der Waals surface area (Å²) in [6.45, 7) is 5.01. The van der Waals surface area contributed by atoms with Gasteiger partial charge in [0.15, 0.2) is 0 Å².